The van der Waals surface area contributed by atoms with Crippen LogP contribution in [0.5, 0.6) is 11.5 Å². The number of anilines is 2. The van der Waals surface area contributed by atoms with Gasteiger partial charge in [-0.25, -0.2) is 4.99 Å². The van der Waals surface area contributed by atoms with Gasteiger partial charge in [-0.1, -0.05) is 0 Å². The fourth-order valence-corrected chi connectivity index (χ4v) is 4.82. The molecule has 8 nitrogen and oxygen atoms in total. The van der Waals surface area contributed by atoms with E-state index in [4.69, 9.17) is 14.5 Å². The molecule has 31 heavy (non-hydrogen) atoms. The summed E-state index contributed by atoms with van der Waals surface area (Å²) in [6.45, 7) is 7.16. The number of methoxy groups -OCH3 is 2. The highest BCUT2D eigenvalue weighted by Gasteiger charge is 2.33. The van der Waals surface area contributed by atoms with Gasteiger partial charge in [-0.3, -0.25) is 9.69 Å². The molecule has 1 saturated heterocycles. The predicted octanol–water partition coefficient (Wildman–Crippen LogP) is 3.63. The Kier molecular flexibility index (Phi) is 5.81. The van der Waals surface area contributed by atoms with Crippen molar-refractivity contribution in [3.05, 3.63) is 29.1 Å². The van der Waals surface area contributed by atoms with Crippen LogP contribution in [0.3, 0.4) is 0 Å². The lowest BCUT2D eigenvalue weighted by Gasteiger charge is -2.38. The summed E-state index contributed by atoms with van der Waals surface area (Å²) in [4.78, 5) is 21.0. The molecule has 2 aromatic rings. The number of hydrogen-bond donors (Lipinski definition) is 2. The summed E-state index contributed by atoms with van der Waals surface area (Å²) in [5.74, 6) is 1.67. The molecule has 0 aliphatic carbocycles. The lowest BCUT2D eigenvalue weighted by atomic mass is 9.93. The van der Waals surface area contributed by atoms with Crippen LogP contribution in [0.2, 0.25) is 0 Å². The highest BCUT2D eigenvalue weighted by atomic mass is 32.1. The maximum Gasteiger partial charge on any atom is 0.310 e. The number of hydrogen-bond acceptors (Lipinski definition) is 8. The summed E-state index contributed by atoms with van der Waals surface area (Å²) < 4.78 is 11.0. The molecular weight excluding hydrogens is 416 g/mol. The Labute approximate surface area is 186 Å². The maximum absolute atomic E-state index is 11.5. The van der Waals surface area contributed by atoms with Crippen LogP contribution >= 0.6 is 11.3 Å². The number of piperazine rings is 1. The van der Waals surface area contributed by atoms with Crippen molar-refractivity contribution >= 4 is 39.5 Å². The van der Waals surface area contributed by atoms with Gasteiger partial charge in [0.15, 0.2) is 0 Å². The van der Waals surface area contributed by atoms with E-state index in [1.165, 1.54) is 0 Å². The molecule has 0 unspecified atom stereocenters. The first kappa shape index (κ1) is 21.5. The van der Waals surface area contributed by atoms with Crippen LogP contribution in [0.25, 0.3) is 0 Å². The third-order valence-electron chi connectivity index (χ3n) is 5.75. The number of aliphatic imine (C=N–C) groups is 1. The Morgan fingerprint density at radius 1 is 1.23 bits per heavy atom. The van der Waals surface area contributed by atoms with Crippen LogP contribution in [0.1, 0.15) is 19.4 Å². The zero-order valence-electron chi connectivity index (χ0n) is 18.3. The lowest BCUT2D eigenvalue weighted by Crippen LogP contribution is -2.52. The van der Waals surface area contributed by atoms with E-state index in [9.17, 15) is 9.90 Å². The molecule has 0 amide bonds. The topological polar surface area (TPSA) is 86.6 Å². The van der Waals surface area contributed by atoms with Gasteiger partial charge in [0, 0.05) is 44.2 Å². The molecule has 2 aliphatic rings. The summed E-state index contributed by atoms with van der Waals surface area (Å²) in [5, 5.41) is 15.9. The summed E-state index contributed by atoms with van der Waals surface area (Å²) in [6.07, 6.45) is 0. The molecule has 0 atom stereocenters. The second-order valence-corrected chi connectivity index (χ2v) is 9.28. The molecule has 3 heterocycles. The van der Waals surface area contributed by atoms with E-state index in [0.29, 0.717) is 6.54 Å². The number of rotatable bonds is 5. The van der Waals surface area contributed by atoms with Crippen molar-refractivity contribution in [2.75, 3.05) is 52.3 Å². The number of thiophene rings is 1. The minimum absolute atomic E-state index is 0.528. The minimum atomic E-state index is -0.770. The maximum atomic E-state index is 11.5. The number of benzene rings is 1. The molecule has 0 bridgehead atoms. The number of amidine groups is 1. The predicted molar refractivity (Wildman–Crippen MR) is 123 cm³/mol. The van der Waals surface area contributed by atoms with Crippen molar-refractivity contribution in [3.8, 4) is 11.5 Å². The highest BCUT2D eigenvalue weighted by molar-refractivity contribution is 7.15. The first-order valence-corrected chi connectivity index (χ1v) is 11.1. The Hall–Kier alpha value is -2.78. The fraction of sp³-hybridized carbons (Fsp3) is 0.455. The van der Waals surface area contributed by atoms with Gasteiger partial charge in [0.2, 0.25) is 0 Å². The average Bonchev–Trinajstić information content (AvgIpc) is 3.07. The van der Waals surface area contributed by atoms with Crippen molar-refractivity contribution < 1.29 is 19.4 Å². The second kappa shape index (κ2) is 8.39. The molecule has 9 heteroatoms. The Morgan fingerprint density at radius 2 is 1.97 bits per heavy atom. The normalized spacial score (nSPS) is 16.5. The molecular formula is C22H28N4O4S. The number of carboxylic acid groups (broad SMARTS) is 1. The molecule has 1 aromatic heterocycles. The highest BCUT2D eigenvalue weighted by Crippen LogP contribution is 2.43. The monoisotopic (exact) mass is 444 g/mol. The molecule has 2 N–H and O–H groups in total. The van der Waals surface area contributed by atoms with E-state index in [2.05, 4.69) is 15.1 Å². The van der Waals surface area contributed by atoms with E-state index in [0.717, 1.165) is 65.5 Å². The molecule has 0 radical (unpaired) electrons. The van der Waals surface area contributed by atoms with Crippen LogP contribution in [0, 0.1) is 5.41 Å². The van der Waals surface area contributed by atoms with Crippen molar-refractivity contribution in [2.45, 2.75) is 13.8 Å². The van der Waals surface area contributed by atoms with E-state index < -0.39 is 11.4 Å². The van der Waals surface area contributed by atoms with Gasteiger partial charge >= 0.3 is 5.97 Å². The number of ether oxygens (including phenoxy) is 2. The van der Waals surface area contributed by atoms with Crippen LogP contribution in [0.15, 0.2) is 28.6 Å². The van der Waals surface area contributed by atoms with Crippen molar-refractivity contribution in [1.82, 2.24) is 9.80 Å². The number of fused-ring (bicyclic) bond motifs is 2. The Morgan fingerprint density at radius 3 is 2.61 bits per heavy atom. The smallest absolute Gasteiger partial charge is 0.310 e. The van der Waals surface area contributed by atoms with Gasteiger partial charge in [0.1, 0.15) is 22.3 Å². The summed E-state index contributed by atoms with van der Waals surface area (Å²) in [6, 6.07) is 5.81. The number of nitrogens with one attached hydrogen (secondary N) is 1. The molecule has 166 valence electrons. The zero-order valence-corrected chi connectivity index (χ0v) is 19.1. The van der Waals surface area contributed by atoms with Crippen molar-refractivity contribution in [2.24, 2.45) is 10.4 Å². The number of carbonyl (C=O) groups is 1. The number of carboxylic acids is 1. The summed E-state index contributed by atoms with van der Waals surface area (Å²) >= 11 is 1.59. The third-order valence-corrected chi connectivity index (χ3v) is 6.62. The SMILES string of the molecule is COc1ccc2c(c1)Nc1scc(OC)c1C(N1CCN(CC(C)(C)C(=O)O)CC1)=N2. The summed E-state index contributed by atoms with van der Waals surface area (Å²) in [7, 11) is 3.32. The van der Waals surface area contributed by atoms with Gasteiger partial charge in [0.25, 0.3) is 0 Å². The number of aliphatic carboxylic acids is 1. The van der Waals surface area contributed by atoms with Crippen molar-refractivity contribution in [1.29, 1.82) is 0 Å². The molecule has 1 fully saturated rings. The summed E-state index contributed by atoms with van der Waals surface area (Å²) in [5.41, 5.74) is 1.92. The third kappa shape index (κ3) is 4.20. The molecule has 0 spiro atoms. The molecule has 0 saturated carbocycles. The minimum Gasteiger partial charge on any atom is -0.497 e. The Bertz CT molecular complexity index is 1010. The van der Waals surface area contributed by atoms with E-state index in [1.807, 2.05) is 23.6 Å². The van der Waals surface area contributed by atoms with E-state index in [1.54, 1.807) is 39.4 Å². The molecule has 2 aliphatic heterocycles. The number of nitrogens with zero attached hydrogens (tertiary/aromatic N) is 3. The fourth-order valence-electron chi connectivity index (χ4n) is 3.90. The average molecular weight is 445 g/mol. The van der Waals surface area contributed by atoms with Crippen molar-refractivity contribution in [3.63, 3.8) is 0 Å². The largest absolute Gasteiger partial charge is 0.497 e. The molecule has 1 aromatic carbocycles. The van der Waals surface area contributed by atoms with Gasteiger partial charge in [0.05, 0.1) is 36.6 Å². The van der Waals surface area contributed by atoms with E-state index >= 15 is 0 Å². The lowest BCUT2D eigenvalue weighted by molar-refractivity contribution is -0.148. The van der Waals surface area contributed by atoms with Crippen LogP contribution in [-0.4, -0.2) is 73.7 Å². The van der Waals surface area contributed by atoms with Gasteiger partial charge < -0.3 is 24.8 Å². The quantitative estimate of drug-likeness (QED) is 0.728. The van der Waals surface area contributed by atoms with Gasteiger partial charge in [-0.2, -0.15) is 0 Å². The second-order valence-electron chi connectivity index (χ2n) is 8.40. The Balaban J connectivity index is 1.63. The first-order valence-electron chi connectivity index (χ1n) is 10.2. The van der Waals surface area contributed by atoms with Gasteiger partial charge in [-0.05, 0) is 26.0 Å². The molecule has 4 rings (SSSR count). The van der Waals surface area contributed by atoms with Crippen LogP contribution < -0.4 is 14.8 Å². The zero-order chi connectivity index (χ0) is 22.2. The van der Waals surface area contributed by atoms with Crippen LogP contribution in [-0.2, 0) is 4.79 Å². The van der Waals surface area contributed by atoms with Gasteiger partial charge in [-0.15, -0.1) is 11.3 Å². The first-order chi connectivity index (χ1) is 14.8. The standard InChI is InChI=1S/C22H28N4O4S/c1-22(2,21(27)28)13-25-7-9-26(10-8-25)19-18-17(30-4)12-31-20(18)24-16-11-14(29-3)5-6-15(16)23-19/h5-6,11-12,24H,7-10,13H2,1-4H3,(H,27,28). The van der Waals surface area contributed by atoms with E-state index in [-0.39, 0.29) is 0 Å². The van der Waals surface area contributed by atoms with Crippen LogP contribution in [0.4, 0.5) is 16.4 Å².